The second-order valence-corrected chi connectivity index (χ2v) is 8.71. The molecule has 132 valence electrons. The van der Waals surface area contributed by atoms with E-state index in [1.165, 1.54) is 11.3 Å². The first-order valence-electron chi connectivity index (χ1n) is 7.93. The molecule has 0 aliphatic carbocycles. The van der Waals surface area contributed by atoms with Gasteiger partial charge in [-0.1, -0.05) is 37.3 Å². The van der Waals surface area contributed by atoms with Crippen LogP contribution in [0.15, 0.2) is 51.1 Å². The van der Waals surface area contributed by atoms with Gasteiger partial charge < -0.3 is 4.42 Å². The molecule has 0 saturated heterocycles. The van der Waals surface area contributed by atoms with Crippen LogP contribution in [-0.4, -0.2) is 18.6 Å². The molecule has 1 aromatic carbocycles. The smallest absolute Gasteiger partial charge is 0.250 e. The molecule has 0 aliphatic heterocycles. The molecule has 1 N–H and O–H groups in total. The number of hydrogen-bond donors (Lipinski definition) is 1. The minimum absolute atomic E-state index is 0.261. The number of aryl methyl sites for hydroxylation is 2. The first kappa shape index (κ1) is 17.8. The molecule has 3 aromatic rings. The lowest BCUT2D eigenvalue weighted by molar-refractivity contribution is 0.411. The van der Waals surface area contributed by atoms with Crippen LogP contribution >= 0.6 is 11.3 Å². The van der Waals surface area contributed by atoms with Crippen molar-refractivity contribution in [1.29, 1.82) is 0 Å². The van der Waals surface area contributed by atoms with Crippen molar-refractivity contribution in [2.45, 2.75) is 36.9 Å². The number of sulfonamides is 1. The lowest BCUT2D eigenvalue weighted by atomic mass is 10.1. The van der Waals surface area contributed by atoms with Crippen molar-refractivity contribution in [2.75, 3.05) is 0 Å². The van der Waals surface area contributed by atoms with E-state index in [4.69, 9.17) is 4.42 Å². The second-order valence-electron chi connectivity index (χ2n) is 5.60. The van der Waals surface area contributed by atoms with Crippen LogP contribution in [-0.2, 0) is 22.9 Å². The summed E-state index contributed by atoms with van der Waals surface area (Å²) in [5.41, 5.74) is 0.978. The number of nitrogens with one attached hydrogen (secondary N) is 1. The number of thiophene rings is 1. The van der Waals surface area contributed by atoms with E-state index in [0.717, 1.165) is 16.9 Å². The zero-order valence-electron chi connectivity index (χ0n) is 14.0. The van der Waals surface area contributed by atoms with E-state index >= 15 is 0 Å². The fourth-order valence-corrected chi connectivity index (χ4v) is 4.92. The van der Waals surface area contributed by atoms with Gasteiger partial charge in [0.15, 0.2) is 0 Å². The van der Waals surface area contributed by atoms with E-state index in [9.17, 15) is 8.42 Å². The molecule has 2 aromatic heterocycles. The van der Waals surface area contributed by atoms with Crippen LogP contribution in [0.5, 0.6) is 0 Å². The van der Waals surface area contributed by atoms with Crippen LogP contribution in [0.25, 0.3) is 0 Å². The largest absolute Gasteiger partial charge is 0.424 e. The molecule has 0 amide bonds. The Bertz CT molecular complexity index is 933. The summed E-state index contributed by atoms with van der Waals surface area (Å²) in [6, 6.07) is 12.4. The Morgan fingerprint density at radius 1 is 1.16 bits per heavy atom. The van der Waals surface area contributed by atoms with Gasteiger partial charge in [-0.25, -0.2) is 8.42 Å². The van der Waals surface area contributed by atoms with Crippen molar-refractivity contribution in [3.8, 4) is 0 Å². The summed E-state index contributed by atoms with van der Waals surface area (Å²) in [5, 5.41) is 7.82. The summed E-state index contributed by atoms with van der Waals surface area (Å²) in [6.07, 6.45) is 1.23. The predicted octanol–water partition coefficient (Wildman–Crippen LogP) is 3.26. The number of nitrogens with zero attached hydrogens (tertiary/aromatic N) is 2. The van der Waals surface area contributed by atoms with Crippen molar-refractivity contribution in [3.63, 3.8) is 0 Å². The van der Waals surface area contributed by atoms with Crippen molar-refractivity contribution in [3.05, 3.63) is 64.7 Å². The van der Waals surface area contributed by atoms with Gasteiger partial charge in [0.1, 0.15) is 10.3 Å². The summed E-state index contributed by atoms with van der Waals surface area (Å²) in [6.45, 7) is 3.67. The van der Waals surface area contributed by atoms with Crippen LogP contribution in [0.2, 0.25) is 0 Å². The predicted molar refractivity (Wildman–Crippen MR) is 95.9 cm³/mol. The minimum atomic E-state index is -3.67. The molecule has 0 spiro atoms. The molecule has 0 fully saturated rings. The van der Waals surface area contributed by atoms with Crippen molar-refractivity contribution < 1.29 is 12.8 Å². The van der Waals surface area contributed by atoms with Gasteiger partial charge >= 0.3 is 0 Å². The standard InChI is InChI=1S/C17H19N3O3S2/c1-3-14-9-10-16(24-14)25(21,22)20-15(17-19-18-12(2)23-17)11-13-7-5-4-6-8-13/h4-10,15,20H,3,11H2,1-2H3. The highest BCUT2D eigenvalue weighted by Crippen LogP contribution is 2.25. The topological polar surface area (TPSA) is 85.1 Å². The number of hydrogen-bond acceptors (Lipinski definition) is 6. The number of aromatic nitrogens is 2. The Balaban J connectivity index is 1.88. The second kappa shape index (κ2) is 7.47. The lowest BCUT2D eigenvalue weighted by Gasteiger charge is -2.15. The van der Waals surface area contributed by atoms with Crippen LogP contribution in [0.3, 0.4) is 0 Å². The summed E-state index contributed by atoms with van der Waals surface area (Å²) in [4.78, 5) is 1.02. The molecule has 0 radical (unpaired) electrons. The van der Waals surface area contributed by atoms with E-state index in [1.807, 2.05) is 43.3 Å². The van der Waals surface area contributed by atoms with Gasteiger partial charge in [0.25, 0.3) is 10.0 Å². The molecule has 8 heteroatoms. The third kappa shape index (κ3) is 4.33. The quantitative estimate of drug-likeness (QED) is 0.683. The highest BCUT2D eigenvalue weighted by molar-refractivity contribution is 7.91. The molecule has 25 heavy (non-hydrogen) atoms. The Hall–Kier alpha value is -2.03. The Kier molecular flexibility index (Phi) is 5.31. The number of benzene rings is 1. The van der Waals surface area contributed by atoms with Crippen LogP contribution in [0.4, 0.5) is 0 Å². The molecule has 1 atom stereocenters. The highest BCUT2D eigenvalue weighted by Gasteiger charge is 2.26. The molecule has 1 unspecified atom stereocenters. The molecular formula is C17H19N3O3S2. The lowest BCUT2D eigenvalue weighted by Crippen LogP contribution is -2.30. The molecule has 0 bridgehead atoms. The summed E-state index contributed by atoms with van der Waals surface area (Å²) < 4.78 is 34.0. The van der Waals surface area contributed by atoms with E-state index in [2.05, 4.69) is 14.9 Å². The summed E-state index contributed by atoms with van der Waals surface area (Å²) in [5.74, 6) is 0.661. The molecule has 3 rings (SSSR count). The van der Waals surface area contributed by atoms with Gasteiger partial charge in [0.05, 0.1) is 0 Å². The van der Waals surface area contributed by atoms with Gasteiger partial charge in [-0.2, -0.15) is 4.72 Å². The Morgan fingerprint density at radius 3 is 2.52 bits per heavy atom. The zero-order chi connectivity index (χ0) is 17.9. The maximum absolute atomic E-state index is 12.8. The normalized spacial score (nSPS) is 13.0. The summed E-state index contributed by atoms with van der Waals surface area (Å²) >= 11 is 1.27. The fourth-order valence-electron chi connectivity index (χ4n) is 2.42. The maximum atomic E-state index is 12.8. The average Bonchev–Trinajstić information content (AvgIpc) is 3.24. The fraction of sp³-hybridized carbons (Fsp3) is 0.294. The minimum Gasteiger partial charge on any atom is -0.424 e. The van der Waals surface area contributed by atoms with Gasteiger partial charge in [-0.05, 0) is 30.5 Å². The maximum Gasteiger partial charge on any atom is 0.250 e. The van der Waals surface area contributed by atoms with E-state index < -0.39 is 16.1 Å². The van der Waals surface area contributed by atoms with Gasteiger partial charge in [0.2, 0.25) is 11.8 Å². The van der Waals surface area contributed by atoms with E-state index in [1.54, 1.807) is 13.0 Å². The average molecular weight is 377 g/mol. The third-order valence-corrected chi connectivity index (χ3v) is 6.86. The first-order valence-corrected chi connectivity index (χ1v) is 10.2. The third-order valence-electron chi connectivity index (χ3n) is 3.67. The highest BCUT2D eigenvalue weighted by atomic mass is 32.2. The Labute approximate surface area is 151 Å². The van der Waals surface area contributed by atoms with Crippen LogP contribution < -0.4 is 4.72 Å². The molecule has 0 saturated carbocycles. The van der Waals surface area contributed by atoms with Crippen molar-refractivity contribution >= 4 is 21.4 Å². The molecule has 0 aliphatic rings. The van der Waals surface area contributed by atoms with E-state index in [-0.39, 0.29) is 5.89 Å². The Morgan fingerprint density at radius 2 is 1.92 bits per heavy atom. The van der Waals surface area contributed by atoms with E-state index in [0.29, 0.717) is 16.5 Å². The van der Waals surface area contributed by atoms with Gasteiger partial charge in [-0.3, -0.25) is 0 Å². The van der Waals surface area contributed by atoms with Crippen molar-refractivity contribution in [2.24, 2.45) is 0 Å². The molecular weight excluding hydrogens is 358 g/mol. The zero-order valence-corrected chi connectivity index (χ0v) is 15.6. The van der Waals surface area contributed by atoms with Crippen LogP contribution in [0, 0.1) is 6.92 Å². The first-order chi connectivity index (χ1) is 12.0. The number of rotatable bonds is 7. The molecule has 2 heterocycles. The molecule has 6 nitrogen and oxygen atoms in total. The SMILES string of the molecule is CCc1ccc(S(=O)(=O)NC(Cc2ccccc2)c2nnc(C)o2)s1. The van der Waals surface area contributed by atoms with Crippen molar-refractivity contribution in [1.82, 2.24) is 14.9 Å². The summed E-state index contributed by atoms with van der Waals surface area (Å²) in [7, 11) is -3.67. The van der Waals surface area contributed by atoms with Crippen LogP contribution in [0.1, 0.15) is 35.2 Å². The monoisotopic (exact) mass is 377 g/mol. The van der Waals surface area contributed by atoms with Gasteiger partial charge in [0, 0.05) is 11.8 Å². The van der Waals surface area contributed by atoms with Gasteiger partial charge in [-0.15, -0.1) is 21.5 Å².